The van der Waals surface area contributed by atoms with E-state index in [1.54, 1.807) is 12.1 Å². The van der Waals surface area contributed by atoms with E-state index in [1.807, 2.05) is 0 Å². The highest BCUT2D eigenvalue weighted by molar-refractivity contribution is 6.30. The molecule has 1 aromatic carbocycles. The van der Waals surface area contributed by atoms with E-state index < -0.39 is 0 Å². The largest absolute Gasteiger partial charge is 0.309 e. The first kappa shape index (κ1) is 12.3. The molecule has 1 fully saturated rings. The molecule has 0 amide bonds. The van der Waals surface area contributed by atoms with Crippen LogP contribution in [0, 0.1) is 16.0 Å². The smallest absolute Gasteiger partial charge is 0.275 e. The van der Waals surface area contributed by atoms with Crippen molar-refractivity contribution < 1.29 is 4.92 Å². The van der Waals surface area contributed by atoms with Crippen LogP contribution < -0.4 is 5.32 Å². The van der Waals surface area contributed by atoms with Crippen molar-refractivity contribution in [2.75, 3.05) is 0 Å². The number of nitro benzene ring substituents is 1. The molecule has 1 aliphatic rings. The molecule has 1 N–H and O–H groups in total. The van der Waals surface area contributed by atoms with Gasteiger partial charge in [0.15, 0.2) is 0 Å². The summed E-state index contributed by atoms with van der Waals surface area (Å²) < 4.78 is 0. The molecule has 5 heteroatoms. The lowest BCUT2D eigenvalue weighted by Crippen LogP contribution is -2.18. The maximum atomic E-state index is 10.9. The summed E-state index contributed by atoms with van der Waals surface area (Å²) in [5.41, 5.74) is 0.792. The average molecular weight is 255 g/mol. The Balaban J connectivity index is 2.02. The van der Waals surface area contributed by atoms with Crippen molar-refractivity contribution in [1.82, 2.24) is 5.32 Å². The van der Waals surface area contributed by atoms with Crippen LogP contribution in [0.15, 0.2) is 18.2 Å². The van der Waals surface area contributed by atoms with Crippen molar-refractivity contribution in [3.8, 4) is 0 Å². The second-order valence-electron chi connectivity index (χ2n) is 4.42. The van der Waals surface area contributed by atoms with Crippen LogP contribution in [0.4, 0.5) is 5.69 Å². The van der Waals surface area contributed by atoms with E-state index in [1.165, 1.54) is 18.9 Å². The van der Waals surface area contributed by atoms with Crippen LogP contribution in [-0.2, 0) is 6.54 Å². The Hall–Kier alpha value is -1.13. The first-order chi connectivity index (χ1) is 8.11. The normalized spacial score (nSPS) is 22.5. The van der Waals surface area contributed by atoms with Gasteiger partial charge in [0, 0.05) is 29.2 Å². The van der Waals surface area contributed by atoms with Crippen molar-refractivity contribution >= 4 is 17.3 Å². The van der Waals surface area contributed by atoms with Crippen LogP contribution in [0.25, 0.3) is 0 Å². The lowest BCUT2D eigenvalue weighted by molar-refractivity contribution is -0.385. The molecule has 0 radical (unpaired) electrons. The van der Waals surface area contributed by atoms with E-state index >= 15 is 0 Å². The molecule has 1 saturated carbocycles. The molecule has 17 heavy (non-hydrogen) atoms. The molecule has 0 aliphatic heterocycles. The van der Waals surface area contributed by atoms with E-state index in [2.05, 4.69) is 12.2 Å². The van der Waals surface area contributed by atoms with E-state index in [0.717, 1.165) is 5.92 Å². The Bertz CT molecular complexity index is 437. The van der Waals surface area contributed by atoms with Crippen molar-refractivity contribution in [3.63, 3.8) is 0 Å². The summed E-state index contributed by atoms with van der Waals surface area (Å²) in [4.78, 5) is 10.5. The molecule has 0 heterocycles. The molecular formula is C12H15ClN2O2. The standard InChI is InChI=1S/C12H15ClN2O2/c1-2-8-5-11(8)14-7-9-3-4-10(13)6-12(9)15(16)17/h3-4,6,8,11,14H,2,5,7H2,1H3. The second-order valence-corrected chi connectivity index (χ2v) is 4.86. The molecule has 1 aromatic rings. The second kappa shape index (κ2) is 5.02. The van der Waals surface area contributed by atoms with Crippen molar-refractivity contribution in [2.45, 2.75) is 32.4 Å². The third kappa shape index (κ3) is 2.96. The van der Waals surface area contributed by atoms with E-state index in [4.69, 9.17) is 11.6 Å². The minimum atomic E-state index is -0.382. The minimum Gasteiger partial charge on any atom is -0.309 e. The van der Waals surface area contributed by atoms with Gasteiger partial charge in [-0.25, -0.2) is 0 Å². The van der Waals surface area contributed by atoms with E-state index in [-0.39, 0.29) is 10.6 Å². The average Bonchev–Trinajstić information content (AvgIpc) is 3.06. The van der Waals surface area contributed by atoms with Gasteiger partial charge in [0.25, 0.3) is 5.69 Å². The SMILES string of the molecule is CCC1CC1NCc1ccc(Cl)cc1[N+](=O)[O-]. The number of hydrogen-bond donors (Lipinski definition) is 1. The summed E-state index contributed by atoms with van der Waals surface area (Å²) in [6.45, 7) is 2.70. The Kier molecular flexibility index (Phi) is 3.64. The van der Waals surface area contributed by atoms with E-state index in [0.29, 0.717) is 23.2 Å². The Morgan fingerprint density at radius 2 is 2.35 bits per heavy atom. The maximum absolute atomic E-state index is 10.9. The molecule has 1 aliphatic carbocycles. The number of nitrogens with one attached hydrogen (secondary N) is 1. The predicted octanol–water partition coefficient (Wildman–Crippen LogP) is 3.14. The number of hydrogen-bond acceptors (Lipinski definition) is 3. The third-order valence-corrected chi connectivity index (χ3v) is 3.48. The Morgan fingerprint density at radius 3 is 2.94 bits per heavy atom. The number of nitro groups is 1. The Morgan fingerprint density at radius 1 is 1.59 bits per heavy atom. The van der Waals surface area contributed by atoms with Gasteiger partial charge in [-0.15, -0.1) is 0 Å². The fourth-order valence-corrected chi connectivity index (χ4v) is 2.21. The summed E-state index contributed by atoms with van der Waals surface area (Å²) in [6, 6.07) is 5.34. The van der Waals surface area contributed by atoms with Crippen molar-refractivity contribution in [3.05, 3.63) is 38.9 Å². The monoisotopic (exact) mass is 254 g/mol. The molecule has 2 atom stereocenters. The van der Waals surface area contributed by atoms with Crippen molar-refractivity contribution in [2.24, 2.45) is 5.92 Å². The quantitative estimate of drug-likeness (QED) is 0.649. The summed E-state index contributed by atoms with van der Waals surface area (Å²) >= 11 is 5.76. The maximum Gasteiger partial charge on any atom is 0.275 e. The van der Waals surface area contributed by atoms with Gasteiger partial charge in [-0.3, -0.25) is 10.1 Å². The molecule has 4 nitrogen and oxygen atoms in total. The van der Waals surface area contributed by atoms with Gasteiger partial charge in [0.1, 0.15) is 0 Å². The van der Waals surface area contributed by atoms with Crippen molar-refractivity contribution in [1.29, 1.82) is 0 Å². The first-order valence-corrected chi connectivity index (χ1v) is 6.15. The van der Waals surface area contributed by atoms with Gasteiger partial charge >= 0.3 is 0 Å². The van der Waals surface area contributed by atoms with Crippen LogP contribution >= 0.6 is 11.6 Å². The topological polar surface area (TPSA) is 55.2 Å². The molecule has 0 bridgehead atoms. The summed E-state index contributed by atoms with van der Waals surface area (Å²) in [5, 5.41) is 14.6. The highest BCUT2D eigenvalue weighted by atomic mass is 35.5. The lowest BCUT2D eigenvalue weighted by Gasteiger charge is -2.05. The molecule has 0 aromatic heterocycles. The molecule has 92 valence electrons. The molecule has 2 rings (SSSR count). The zero-order valence-corrected chi connectivity index (χ0v) is 10.4. The third-order valence-electron chi connectivity index (χ3n) is 3.25. The van der Waals surface area contributed by atoms with Crippen LogP contribution in [-0.4, -0.2) is 11.0 Å². The van der Waals surface area contributed by atoms with Crippen LogP contribution in [0.5, 0.6) is 0 Å². The van der Waals surface area contributed by atoms with Crippen LogP contribution in [0.1, 0.15) is 25.3 Å². The summed E-state index contributed by atoms with van der Waals surface area (Å²) in [7, 11) is 0. The fourth-order valence-electron chi connectivity index (χ4n) is 2.05. The first-order valence-electron chi connectivity index (χ1n) is 5.78. The summed E-state index contributed by atoms with van der Waals surface area (Å²) in [6.07, 6.45) is 2.35. The van der Waals surface area contributed by atoms with Gasteiger partial charge in [-0.1, -0.05) is 24.9 Å². The lowest BCUT2D eigenvalue weighted by atomic mass is 10.2. The van der Waals surface area contributed by atoms with Gasteiger partial charge in [-0.2, -0.15) is 0 Å². The van der Waals surface area contributed by atoms with Gasteiger partial charge < -0.3 is 5.32 Å². The molecular weight excluding hydrogens is 240 g/mol. The fraction of sp³-hybridized carbons (Fsp3) is 0.500. The highest BCUT2D eigenvalue weighted by Crippen LogP contribution is 2.33. The van der Waals surface area contributed by atoms with Gasteiger partial charge in [0.05, 0.1) is 4.92 Å². The number of benzene rings is 1. The summed E-state index contributed by atoms with van der Waals surface area (Å²) in [5.74, 6) is 0.737. The van der Waals surface area contributed by atoms with Crippen LogP contribution in [0.2, 0.25) is 5.02 Å². The number of rotatable bonds is 5. The van der Waals surface area contributed by atoms with E-state index in [9.17, 15) is 10.1 Å². The molecule has 0 saturated heterocycles. The zero-order valence-electron chi connectivity index (χ0n) is 9.65. The van der Waals surface area contributed by atoms with Crippen LogP contribution in [0.3, 0.4) is 0 Å². The number of nitrogens with zero attached hydrogens (tertiary/aromatic N) is 1. The number of halogens is 1. The predicted molar refractivity (Wildman–Crippen MR) is 67.1 cm³/mol. The molecule has 0 spiro atoms. The minimum absolute atomic E-state index is 0.0960. The molecule has 2 unspecified atom stereocenters. The van der Waals surface area contributed by atoms with Gasteiger partial charge in [-0.05, 0) is 24.5 Å². The van der Waals surface area contributed by atoms with Gasteiger partial charge in [0.2, 0.25) is 0 Å². The Labute approximate surface area is 105 Å². The zero-order chi connectivity index (χ0) is 12.4. The highest BCUT2D eigenvalue weighted by Gasteiger charge is 2.34.